The summed E-state index contributed by atoms with van der Waals surface area (Å²) in [5, 5.41) is 0. The summed E-state index contributed by atoms with van der Waals surface area (Å²) in [7, 11) is 0. The minimum absolute atomic E-state index is 0.178. The van der Waals surface area contributed by atoms with E-state index in [-0.39, 0.29) is 6.10 Å². The molecule has 0 saturated carbocycles. The number of fused-ring (bicyclic) bond motifs is 1. The number of hydrogen-bond donors (Lipinski definition) is 1. The molecule has 0 aliphatic heterocycles. The molecule has 0 radical (unpaired) electrons. The van der Waals surface area contributed by atoms with Crippen LogP contribution in [0.1, 0.15) is 13.3 Å². The van der Waals surface area contributed by atoms with Crippen molar-refractivity contribution in [2.75, 3.05) is 18.9 Å². The second kappa shape index (κ2) is 7.09. The number of benzene rings is 1. The van der Waals surface area contributed by atoms with Gasteiger partial charge in [-0.25, -0.2) is 4.98 Å². The van der Waals surface area contributed by atoms with Gasteiger partial charge in [0.15, 0.2) is 4.34 Å². The van der Waals surface area contributed by atoms with Crippen molar-refractivity contribution < 1.29 is 4.74 Å². The molecule has 1 unspecified atom stereocenters. The van der Waals surface area contributed by atoms with Crippen LogP contribution >= 0.6 is 23.1 Å². The van der Waals surface area contributed by atoms with Crippen molar-refractivity contribution in [2.24, 2.45) is 5.73 Å². The van der Waals surface area contributed by atoms with Crippen LogP contribution in [-0.2, 0) is 4.74 Å². The van der Waals surface area contributed by atoms with Gasteiger partial charge in [-0.2, -0.15) is 0 Å². The monoisotopic (exact) mass is 282 g/mol. The number of nitrogens with zero attached hydrogens (tertiary/aromatic N) is 1. The molecule has 1 aromatic carbocycles. The first-order valence-electron chi connectivity index (χ1n) is 6.13. The highest BCUT2D eigenvalue weighted by Gasteiger charge is 2.08. The van der Waals surface area contributed by atoms with E-state index in [4.69, 9.17) is 10.5 Å². The van der Waals surface area contributed by atoms with E-state index >= 15 is 0 Å². The van der Waals surface area contributed by atoms with E-state index < -0.39 is 0 Å². The molecular weight excluding hydrogens is 264 g/mol. The topological polar surface area (TPSA) is 48.1 Å². The van der Waals surface area contributed by atoms with E-state index in [0.717, 1.165) is 28.6 Å². The van der Waals surface area contributed by atoms with Gasteiger partial charge in [0.1, 0.15) is 0 Å². The van der Waals surface area contributed by atoms with E-state index in [1.807, 2.05) is 13.0 Å². The summed E-state index contributed by atoms with van der Waals surface area (Å²) in [5.74, 6) is 1.00. The first kappa shape index (κ1) is 13.8. The van der Waals surface area contributed by atoms with Crippen LogP contribution in [0.3, 0.4) is 0 Å². The molecule has 2 N–H and O–H groups in total. The van der Waals surface area contributed by atoms with Crippen LogP contribution in [0.25, 0.3) is 10.2 Å². The lowest BCUT2D eigenvalue weighted by Gasteiger charge is -2.13. The SMILES string of the molecule is CCOC(CN)CCSc1nc2ccccc2s1. The molecule has 0 saturated heterocycles. The summed E-state index contributed by atoms with van der Waals surface area (Å²) in [4.78, 5) is 4.59. The summed E-state index contributed by atoms with van der Waals surface area (Å²) in [5.41, 5.74) is 6.74. The predicted molar refractivity (Wildman–Crippen MR) is 79.4 cm³/mol. The zero-order valence-electron chi connectivity index (χ0n) is 10.5. The van der Waals surface area contributed by atoms with Gasteiger partial charge in [-0.3, -0.25) is 0 Å². The maximum Gasteiger partial charge on any atom is 0.151 e. The van der Waals surface area contributed by atoms with E-state index in [2.05, 4.69) is 23.2 Å². The van der Waals surface area contributed by atoms with Gasteiger partial charge in [0.05, 0.1) is 16.3 Å². The second-order valence-electron chi connectivity index (χ2n) is 3.90. The number of thioether (sulfide) groups is 1. The quantitative estimate of drug-likeness (QED) is 0.793. The second-order valence-corrected chi connectivity index (χ2v) is 6.27. The number of ether oxygens (including phenoxy) is 1. The lowest BCUT2D eigenvalue weighted by Crippen LogP contribution is -2.24. The van der Waals surface area contributed by atoms with Crippen LogP contribution in [0.5, 0.6) is 0 Å². The molecule has 5 heteroatoms. The van der Waals surface area contributed by atoms with Crippen molar-refractivity contribution in [3.8, 4) is 0 Å². The minimum Gasteiger partial charge on any atom is -0.377 e. The summed E-state index contributed by atoms with van der Waals surface area (Å²) < 4.78 is 7.91. The maximum absolute atomic E-state index is 5.65. The zero-order chi connectivity index (χ0) is 12.8. The van der Waals surface area contributed by atoms with Crippen molar-refractivity contribution in [2.45, 2.75) is 23.8 Å². The average Bonchev–Trinajstić information content (AvgIpc) is 2.80. The van der Waals surface area contributed by atoms with E-state index in [0.29, 0.717) is 6.54 Å². The van der Waals surface area contributed by atoms with Crippen molar-refractivity contribution in [1.82, 2.24) is 4.98 Å². The third-order valence-corrected chi connectivity index (χ3v) is 4.82. The van der Waals surface area contributed by atoms with Crippen molar-refractivity contribution in [1.29, 1.82) is 0 Å². The van der Waals surface area contributed by atoms with Crippen LogP contribution in [0, 0.1) is 0 Å². The fourth-order valence-electron chi connectivity index (χ4n) is 1.70. The summed E-state index contributed by atoms with van der Waals surface area (Å²) in [6, 6.07) is 8.24. The molecule has 98 valence electrons. The van der Waals surface area contributed by atoms with E-state index in [9.17, 15) is 0 Å². The Morgan fingerprint density at radius 3 is 3.00 bits per heavy atom. The largest absolute Gasteiger partial charge is 0.377 e. The number of para-hydroxylation sites is 1. The normalized spacial score (nSPS) is 13.0. The smallest absolute Gasteiger partial charge is 0.151 e. The van der Waals surface area contributed by atoms with Crippen LogP contribution in [0.15, 0.2) is 28.6 Å². The Morgan fingerprint density at radius 1 is 1.44 bits per heavy atom. The highest BCUT2D eigenvalue weighted by Crippen LogP contribution is 2.29. The molecule has 0 spiro atoms. The van der Waals surface area contributed by atoms with E-state index in [1.54, 1.807) is 23.1 Å². The number of aromatic nitrogens is 1. The molecule has 3 nitrogen and oxygen atoms in total. The molecule has 0 aliphatic carbocycles. The van der Waals surface area contributed by atoms with Crippen LogP contribution in [-0.4, -0.2) is 30.0 Å². The molecule has 0 bridgehead atoms. The maximum atomic E-state index is 5.65. The minimum atomic E-state index is 0.178. The number of rotatable bonds is 7. The molecule has 2 rings (SSSR count). The van der Waals surface area contributed by atoms with Crippen molar-refractivity contribution in [3.05, 3.63) is 24.3 Å². The van der Waals surface area contributed by atoms with Crippen molar-refractivity contribution >= 4 is 33.3 Å². The first-order valence-corrected chi connectivity index (χ1v) is 7.93. The Hall–Kier alpha value is -0.620. The standard InChI is InChI=1S/C13H18N2OS2/c1-2-16-10(9-14)7-8-17-13-15-11-5-3-4-6-12(11)18-13/h3-6,10H,2,7-9,14H2,1H3. The Bertz CT molecular complexity index is 454. The van der Waals surface area contributed by atoms with Crippen LogP contribution in [0.2, 0.25) is 0 Å². The van der Waals surface area contributed by atoms with Gasteiger partial charge in [-0.15, -0.1) is 11.3 Å². The molecular formula is C13H18N2OS2. The summed E-state index contributed by atoms with van der Waals surface area (Å²) in [6.45, 7) is 3.32. The summed E-state index contributed by atoms with van der Waals surface area (Å²) in [6.07, 6.45) is 1.15. The zero-order valence-corrected chi connectivity index (χ0v) is 12.1. The van der Waals surface area contributed by atoms with Gasteiger partial charge in [0.2, 0.25) is 0 Å². The first-order chi connectivity index (χ1) is 8.83. The Balaban J connectivity index is 1.86. The number of hydrogen-bond acceptors (Lipinski definition) is 5. The van der Waals surface area contributed by atoms with Gasteiger partial charge < -0.3 is 10.5 Å². The fourth-order valence-corrected chi connectivity index (χ4v) is 3.87. The number of thiazole rings is 1. The highest BCUT2D eigenvalue weighted by molar-refractivity contribution is 8.01. The van der Waals surface area contributed by atoms with Gasteiger partial charge >= 0.3 is 0 Å². The molecule has 2 aromatic rings. The van der Waals surface area contributed by atoms with Gasteiger partial charge in [-0.05, 0) is 25.5 Å². The van der Waals surface area contributed by atoms with Crippen molar-refractivity contribution in [3.63, 3.8) is 0 Å². The highest BCUT2D eigenvalue weighted by atomic mass is 32.2. The lowest BCUT2D eigenvalue weighted by atomic mass is 10.3. The molecule has 1 heterocycles. The third kappa shape index (κ3) is 3.68. The Kier molecular flexibility index (Phi) is 5.44. The van der Waals surface area contributed by atoms with Crippen LogP contribution in [0.4, 0.5) is 0 Å². The van der Waals surface area contributed by atoms with Gasteiger partial charge in [-0.1, -0.05) is 23.9 Å². The van der Waals surface area contributed by atoms with E-state index in [1.165, 1.54) is 4.70 Å². The number of nitrogens with two attached hydrogens (primary N) is 1. The summed E-state index contributed by atoms with van der Waals surface area (Å²) >= 11 is 3.54. The van der Waals surface area contributed by atoms with Gasteiger partial charge in [0.25, 0.3) is 0 Å². The third-order valence-electron chi connectivity index (χ3n) is 2.60. The average molecular weight is 282 g/mol. The van der Waals surface area contributed by atoms with Crippen LogP contribution < -0.4 is 5.73 Å². The Labute approximate surface area is 116 Å². The van der Waals surface area contributed by atoms with Gasteiger partial charge in [0, 0.05) is 18.9 Å². The molecule has 0 aliphatic rings. The molecule has 18 heavy (non-hydrogen) atoms. The fraction of sp³-hybridized carbons (Fsp3) is 0.462. The predicted octanol–water partition coefficient (Wildman–Crippen LogP) is 3.14. The molecule has 0 amide bonds. The molecule has 0 fully saturated rings. The Morgan fingerprint density at radius 2 is 2.28 bits per heavy atom. The lowest BCUT2D eigenvalue weighted by molar-refractivity contribution is 0.0674. The molecule has 1 aromatic heterocycles. The molecule has 1 atom stereocenters.